The van der Waals surface area contributed by atoms with Gasteiger partial charge >= 0.3 is 0 Å². The predicted octanol–water partition coefficient (Wildman–Crippen LogP) is 9.75. The van der Waals surface area contributed by atoms with Gasteiger partial charge in [0.2, 0.25) is 0 Å². The van der Waals surface area contributed by atoms with Crippen LogP contribution < -0.4 is 0 Å². The molecule has 0 aromatic carbocycles. The molecule has 194 valence electrons. The van der Waals surface area contributed by atoms with Crippen LogP contribution in [0.4, 0.5) is 0 Å². The summed E-state index contributed by atoms with van der Waals surface area (Å²) < 4.78 is 6.69. The number of fused-ring (bicyclic) bond motifs is 5. The van der Waals surface area contributed by atoms with E-state index in [0.29, 0.717) is 23.0 Å². The SMILES string of the molecule is CC(C)CCC[C@@H](C)[C@H]1CC[C@H]2[C@@H]3CC=C4C[C@@H](OC5CCCCC5)CC[C@]4(C)[C@H]3CC[C@]12C. The highest BCUT2D eigenvalue weighted by Crippen LogP contribution is 2.67. The third-order valence-corrected chi connectivity index (χ3v) is 12.2. The fourth-order valence-corrected chi connectivity index (χ4v) is 10.2. The van der Waals surface area contributed by atoms with E-state index in [1.165, 1.54) is 103 Å². The minimum atomic E-state index is 0.470. The van der Waals surface area contributed by atoms with Crippen LogP contribution in [0.5, 0.6) is 0 Å². The van der Waals surface area contributed by atoms with Gasteiger partial charge in [0.25, 0.3) is 0 Å². The lowest BCUT2D eigenvalue weighted by Crippen LogP contribution is -2.51. The van der Waals surface area contributed by atoms with Crippen LogP contribution in [0.1, 0.15) is 137 Å². The second-order valence-corrected chi connectivity index (χ2v) is 14.6. The Morgan fingerprint density at radius 2 is 1.65 bits per heavy atom. The highest BCUT2D eigenvalue weighted by Gasteiger charge is 2.59. The molecule has 0 bridgehead atoms. The highest BCUT2D eigenvalue weighted by atomic mass is 16.5. The first-order chi connectivity index (χ1) is 16.3. The summed E-state index contributed by atoms with van der Waals surface area (Å²) in [4.78, 5) is 0. The average Bonchev–Trinajstić information content (AvgIpc) is 3.17. The van der Waals surface area contributed by atoms with Crippen LogP contribution in [0.25, 0.3) is 0 Å². The first kappa shape index (κ1) is 25.4. The summed E-state index contributed by atoms with van der Waals surface area (Å²) in [5.74, 6) is 5.63. The Balaban J connectivity index is 1.24. The van der Waals surface area contributed by atoms with Gasteiger partial charge in [0.1, 0.15) is 0 Å². The Morgan fingerprint density at radius 1 is 0.853 bits per heavy atom. The minimum Gasteiger partial charge on any atom is -0.375 e. The van der Waals surface area contributed by atoms with Crippen molar-refractivity contribution in [3.63, 3.8) is 0 Å². The van der Waals surface area contributed by atoms with Crippen LogP contribution in [0.3, 0.4) is 0 Å². The molecule has 1 nitrogen and oxygen atoms in total. The molecule has 4 saturated carbocycles. The molecule has 0 N–H and O–H groups in total. The molecule has 0 amide bonds. The van der Waals surface area contributed by atoms with Gasteiger partial charge in [-0.15, -0.1) is 0 Å². The maximum atomic E-state index is 6.69. The lowest BCUT2D eigenvalue weighted by atomic mass is 9.47. The molecule has 0 aliphatic heterocycles. The van der Waals surface area contributed by atoms with Crippen molar-refractivity contribution in [3.05, 3.63) is 11.6 Å². The highest BCUT2D eigenvalue weighted by molar-refractivity contribution is 5.25. The topological polar surface area (TPSA) is 9.23 Å². The number of hydrogen-bond acceptors (Lipinski definition) is 1. The maximum Gasteiger partial charge on any atom is 0.0616 e. The third-order valence-electron chi connectivity index (χ3n) is 12.2. The second kappa shape index (κ2) is 10.2. The van der Waals surface area contributed by atoms with Crippen LogP contribution >= 0.6 is 0 Å². The van der Waals surface area contributed by atoms with E-state index in [9.17, 15) is 0 Å². The minimum absolute atomic E-state index is 0.470. The Hall–Kier alpha value is -0.300. The van der Waals surface area contributed by atoms with Gasteiger partial charge in [0.05, 0.1) is 12.2 Å². The number of ether oxygens (including phenoxy) is 1. The van der Waals surface area contributed by atoms with Gasteiger partial charge in [0.15, 0.2) is 0 Å². The van der Waals surface area contributed by atoms with Gasteiger partial charge in [-0.05, 0) is 111 Å². The summed E-state index contributed by atoms with van der Waals surface area (Å²) >= 11 is 0. The molecule has 0 heterocycles. The first-order valence-corrected chi connectivity index (χ1v) is 15.7. The molecule has 5 aliphatic rings. The van der Waals surface area contributed by atoms with E-state index in [1.807, 2.05) is 0 Å². The van der Waals surface area contributed by atoms with Crippen molar-refractivity contribution in [1.82, 2.24) is 0 Å². The van der Waals surface area contributed by atoms with Gasteiger partial charge < -0.3 is 4.74 Å². The molecular formula is C33H56O. The summed E-state index contributed by atoms with van der Waals surface area (Å²) in [6, 6.07) is 0. The molecule has 5 aliphatic carbocycles. The van der Waals surface area contributed by atoms with Gasteiger partial charge in [0, 0.05) is 0 Å². The zero-order chi connectivity index (χ0) is 23.9. The van der Waals surface area contributed by atoms with Crippen molar-refractivity contribution in [2.75, 3.05) is 0 Å². The summed E-state index contributed by atoms with van der Waals surface area (Å²) in [6.07, 6.45) is 26.3. The second-order valence-electron chi connectivity index (χ2n) is 14.6. The maximum absolute atomic E-state index is 6.69. The molecule has 8 atom stereocenters. The zero-order valence-corrected chi connectivity index (χ0v) is 23.4. The van der Waals surface area contributed by atoms with Crippen LogP contribution in [0.15, 0.2) is 11.6 Å². The van der Waals surface area contributed by atoms with E-state index in [0.717, 1.165) is 35.5 Å². The Kier molecular flexibility index (Phi) is 7.62. The van der Waals surface area contributed by atoms with Crippen molar-refractivity contribution in [2.24, 2.45) is 46.3 Å². The number of allylic oxidation sites excluding steroid dienone is 1. The van der Waals surface area contributed by atoms with Crippen molar-refractivity contribution >= 4 is 0 Å². The van der Waals surface area contributed by atoms with Crippen molar-refractivity contribution in [2.45, 2.75) is 150 Å². The first-order valence-electron chi connectivity index (χ1n) is 15.7. The van der Waals surface area contributed by atoms with E-state index in [2.05, 4.69) is 40.7 Å². The van der Waals surface area contributed by atoms with Crippen LogP contribution in [-0.2, 0) is 4.74 Å². The van der Waals surface area contributed by atoms with Gasteiger partial charge in [-0.2, -0.15) is 0 Å². The fraction of sp³-hybridized carbons (Fsp3) is 0.939. The molecule has 0 unspecified atom stereocenters. The molecule has 0 radical (unpaired) electrons. The smallest absolute Gasteiger partial charge is 0.0616 e. The Bertz CT molecular complexity index is 716. The normalized spacial score (nSPS) is 43.7. The number of rotatable bonds is 7. The molecule has 34 heavy (non-hydrogen) atoms. The molecular weight excluding hydrogens is 412 g/mol. The van der Waals surface area contributed by atoms with Crippen LogP contribution in [0, 0.1) is 46.3 Å². The van der Waals surface area contributed by atoms with E-state index in [-0.39, 0.29) is 0 Å². The van der Waals surface area contributed by atoms with Crippen LogP contribution in [-0.4, -0.2) is 12.2 Å². The molecule has 0 aromatic heterocycles. The Labute approximate surface area is 212 Å². The summed E-state index contributed by atoms with van der Waals surface area (Å²) in [5, 5.41) is 0. The largest absolute Gasteiger partial charge is 0.375 e. The summed E-state index contributed by atoms with van der Waals surface area (Å²) in [5.41, 5.74) is 2.89. The molecule has 5 rings (SSSR count). The fourth-order valence-electron chi connectivity index (χ4n) is 10.2. The zero-order valence-electron chi connectivity index (χ0n) is 23.4. The van der Waals surface area contributed by atoms with Crippen molar-refractivity contribution in [3.8, 4) is 0 Å². The molecule has 0 aromatic rings. The van der Waals surface area contributed by atoms with E-state index in [4.69, 9.17) is 4.74 Å². The van der Waals surface area contributed by atoms with Gasteiger partial charge in [-0.1, -0.05) is 84.8 Å². The van der Waals surface area contributed by atoms with E-state index >= 15 is 0 Å². The van der Waals surface area contributed by atoms with Crippen molar-refractivity contribution < 1.29 is 4.74 Å². The molecule has 1 heteroatoms. The monoisotopic (exact) mass is 468 g/mol. The molecule has 4 fully saturated rings. The lowest BCUT2D eigenvalue weighted by molar-refractivity contribution is -0.0804. The standard InChI is InChI=1S/C33H56O/c1-23(2)10-9-11-24(3)29-16-17-30-28-15-14-25-22-27(34-26-12-7-6-8-13-26)18-20-32(25,4)31(28)19-21-33(29,30)5/h14,23-24,26-31H,6-13,15-22H2,1-5H3/t24-,27+,28+,29-,30+,31+,32+,33-/m1/s1. The Morgan fingerprint density at radius 3 is 2.41 bits per heavy atom. The van der Waals surface area contributed by atoms with Gasteiger partial charge in [-0.3, -0.25) is 0 Å². The summed E-state index contributed by atoms with van der Waals surface area (Å²) in [6.45, 7) is 12.8. The predicted molar refractivity (Wildman–Crippen MR) is 145 cm³/mol. The van der Waals surface area contributed by atoms with Gasteiger partial charge in [-0.25, -0.2) is 0 Å². The molecule has 0 saturated heterocycles. The lowest BCUT2D eigenvalue weighted by Gasteiger charge is -2.58. The molecule has 0 spiro atoms. The van der Waals surface area contributed by atoms with Crippen molar-refractivity contribution in [1.29, 1.82) is 0 Å². The quantitative estimate of drug-likeness (QED) is 0.338. The number of hydrogen-bond donors (Lipinski definition) is 0. The third kappa shape index (κ3) is 4.70. The van der Waals surface area contributed by atoms with E-state index in [1.54, 1.807) is 5.57 Å². The average molecular weight is 469 g/mol. The van der Waals surface area contributed by atoms with E-state index < -0.39 is 0 Å². The van der Waals surface area contributed by atoms with Crippen LogP contribution in [0.2, 0.25) is 0 Å². The summed E-state index contributed by atoms with van der Waals surface area (Å²) in [7, 11) is 0.